The molecule has 29 heavy (non-hydrogen) atoms. The molecule has 1 amide bonds. The quantitative estimate of drug-likeness (QED) is 0.672. The predicted octanol–water partition coefficient (Wildman–Crippen LogP) is 2.70. The molecule has 0 unspecified atom stereocenters. The SMILES string of the molecule is O=C(Nc1nc2c(CCN3CCOCC3)cccc2[nH]c1=O)c1cccc(Cl)c1. The Hall–Kier alpha value is -2.74. The number of rotatable bonds is 5. The van der Waals surface area contributed by atoms with E-state index < -0.39 is 11.5 Å². The van der Waals surface area contributed by atoms with Gasteiger partial charge in [0.05, 0.1) is 24.2 Å². The number of hydrogen-bond donors (Lipinski definition) is 2. The highest BCUT2D eigenvalue weighted by molar-refractivity contribution is 6.31. The highest BCUT2D eigenvalue weighted by atomic mass is 35.5. The van der Waals surface area contributed by atoms with Crippen LogP contribution in [-0.4, -0.2) is 53.6 Å². The van der Waals surface area contributed by atoms with Crippen LogP contribution in [0.2, 0.25) is 5.02 Å². The van der Waals surface area contributed by atoms with Gasteiger partial charge in [-0.3, -0.25) is 14.5 Å². The van der Waals surface area contributed by atoms with Crippen molar-refractivity contribution >= 4 is 34.4 Å². The number of morpholine rings is 1. The lowest BCUT2D eigenvalue weighted by Gasteiger charge is -2.26. The topological polar surface area (TPSA) is 87.3 Å². The molecular weight excluding hydrogens is 392 g/mol. The van der Waals surface area contributed by atoms with Crippen molar-refractivity contribution in [3.05, 3.63) is 69.0 Å². The van der Waals surface area contributed by atoms with Crippen LogP contribution in [0.25, 0.3) is 11.0 Å². The van der Waals surface area contributed by atoms with Gasteiger partial charge >= 0.3 is 0 Å². The zero-order valence-corrected chi connectivity index (χ0v) is 16.5. The van der Waals surface area contributed by atoms with E-state index in [-0.39, 0.29) is 5.82 Å². The third kappa shape index (κ3) is 4.64. The number of carbonyl (C=O) groups is 1. The lowest BCUT2D eigenvalue weighted by molar-refractivity contribution is 0.0385. The Kier molecular flexibility index (Phi) is 5.89. The summed E-state index contributed by atoms with van der Waals surface area (Å²) in [7, 11) is 0. The van der Waals surface area contributed by atoms with Crippen molar-refractivity contribution in [1.82, 2.24) is 14.9 Å². The number of carbonyl (C=O) groups excluding carboxylic acids is 1. The summed E-state index contributed by atoms with van der Waals surface area (Å²) in [5, 5.41) is 3.05. The average molecular weight is 413 g/mol. The molecule has 1 saturated heterocycles. The maximum absolute atomic E-state index is 12.5. The van der Waals surface area contributed by atoms with Gasteiger partial charge in [0.1, 0.15) is 0 Å². The molecule has 1 aliphatic rings. The number of hydrogen-bond acceptors (Lipinski definition) is 5. The standard InChI is InChI=1S/C21H21ClN4O3/c22-16-5-1-4-15(13-16)20(27)25-19-21(28)23-17-6-2-3-14(18(17)24-19)7-8-26-9-11-29-12-10-26/h1-6,13H,7-12H2,(H,23,28)(H,24,25,27). The van der Waals surface area contributed by atoms with E-state index in [1.807, 2.05) is 18.2 Å². The molecule has 0 spiro atoms. The number of amides is 1. The Balaban J connectivity index is 1.59. The molecule has 0 saturated carbocycles. The minimum absolute atomic E-state index is 0.0266. The van der Waals surface area contributed by atoms with E-state index in [4.69, 9.17) is 16.3 Å². The van der Waals surface area contributed by atoms with Gasteiger partial charge in [0.2, 0.25) is 0 Å². The van der Waals surface area contributed by atoms with Crippen molar-refractivity contribution in [3.8, 4) is 0 Å². The number of H-pyrrole nitrogens is 1. The molecule has 2 heterocycles. The number of para-hydroxylation sites is 1. The van der Waals surface area contributed by atoms with Crippen molar-refractivity contribution in [2.75, 3.05) is 38.2 Å². The molecule has 1 aliphatic heterocycles. The van der Waals surface area contributed by atoms with Gasteiger partial charge < -0.3 is 15.0 Å². The molecule has 1 aromatic heterocycles. The van der Waals surface area contributed by atoms with Crippen LogP contribution in [0.3, 0.4) is 0 Å². The van der Waals surface area contributed by atoms with Crippen LogP contribution in [0.5, 0.6) is 0 Å². The van der Waals surface area contributed by atoms with Gasteiger partial charge in [-0.05, 0) is 36.2 Å². The van der Waals surface area contributed by atoms with Gasteiger partial charge in [0.15, 0.2) is 5.82 Å². The highest BCUT2D eigenvalue weighted by Gasteiger charge is 2.14. The van der Waals surface area contributed by atoms with Crippen LogP contribution in [0.1, 0.15) is 15.9 Å². The van der Waals surface area contributed by atoms with Crippen molar-refractivity contribution in [2.24, 2.45) is 0 Å². The van der Waals surface area contributed by atoms with Gasteiger partial charge in [0, 0.05) is 30.2 Å². The number of aromatic nitrogens is 2. The van der Waals surface area contributed by atoms with Gasteiger partial charge in [-0.1, -0.05) is 29.8 Å². The number of anilines is 1. The number of halogens is 1. The Morgan fingerprint density at radius 2 is 2.00 bits per heavy atom. The molecule has 0 atom stereocenters. The average Bonchev–Trinajstić information content (AvgIpc) is 2.73. The Morgan fingerprint density at radius 3 is 2.79 bits per heavy atom. The zero-order valence-electron chi connectivity index (χ0n) is 15.8. The number of fused-ring (bicyclic) bond motifs is 1. The summed E-state index contributed by atoms with van der Waals surface area (Å²) in [4.78, 5) is 34.5. The molecule has 8 heteroatoms. The number of nitrogens with one attached hydrogen (secondary N) is 2. The zero-order chi connectivity index (χ0) is 20.2. The second-order valence-electron chi connectivity index (χ2n) is 6.90. The first kappa shape index (κ1) is 19.6. The first-order valence-electron chi connectivity index (χ1n) is 9.49. The van der Waals surface area contributed by atoms with Crippen LogP contribution in [-0.2, 0) is 11.2 Å². The maximum Gasteiger partial charge on any atom is 0.291 e. The van der Waals surface area contributed by atoms with E-state index >= 15 is 0 Å². The molecule has 0 radical (unpaired) electrons. The molecule has 2 N–H and O–H groups in total. The fourth-order valence-electron chi connectivity index (χ4n) is 3.37. The summed E-state index contributed by atoms with van der Waals surface area (Å²) < 4.78 is 5.39. The number of aromatic amines is 1. The minimum atomic E-state index is -0.446. The fourth-order valence-corrected chi connectivity index (χ4v) is 3.56. The summed E-state index contributed by atoms with van der Waals surface area (Å²) >= 11 is 5.95. The molecule has 7 nitrogen and oxygen atoms in total. The van der Waals surface area contributed by atoms with E-state index in [0.717, 1.165) is 44.8 Å². The van der Waals surface area contributed by atoms with Crippen LogP contribution in [0, 0.1) is 0 Å². The summed E-state index contributed by atoms with van der Waals surface area (Å²) in [6, 6.07) is 12.2. The first-order chi connectivity index (χ1) is 14.1. The van der Waals surface area contributed by atoms with E-state index in [0.29, 0.717) is 21.6 Å². The number of benzene rings is 2. The minimum Gasteiger partial charge on any atom is -0.379 e. The molecule has 1 fully saturated rings. The molecule has 150 valence electrons. The van der Waals surface area contributed by atoms with Crippen molar-refractivity contribution in [3.63, 3.8) is 0 Å². The highest BCUT2D eigenvalue weighted by Crippen LogP contribution is 2.17. The smallest absolute Gasteiger partial charge is 0.291 e. The van der Waals surface area contributed by atoms with Crippen molar-refractivity contribution in [1.29, 1.82) is 0 Å². The largest absolute Gasteiger partial charge is 0.379 e. The summed E-state index contributed by atoms with van der Waals surface area (Å²) in [5.74, 6) is -0.461. The van der Waals surface area contributed by atoms with E-state index in [1.54, 1.807) is 24.3 Å². The lowest BCUT2D eigenvalue weighted by Crippen LogP contribution is -2.37. The monoisotopic (exact) mass is 412 g/mol. The molecule has 0 aliphatic carbocycles. The fraction of sp³-hybridized carbons (Fsp3) is 0.286. The van der Waals surface area contributed by atoms with Gasteiger partial charge in [-0.15, -0.1) is 0 Å². The molecule has 2 aromatic carbocycles. The molecule has 4 rings (SSSR count). The Bertz CT molecular complexity index is 1090. The van der Waals surface area contributed by atoms with Crippen LogP contribution < -0.4 is 10.9 Å². The van der Waals surface area contributed by atoms with Crippen molar-refractivity contribution in [2.45, 2.75) is 6.42 Å². The maximum atomic E-state index is 12.5. The van der Waals surface area contributed by atoms with E-state index in [2.05, 4.69) is 20.2 Å². The Labute approximate surface area is 172 Å². The van der Waals surface area contributed by atoms with Crippen LogP contribution in [0.4, 0.5) is 5.82 Å². The predicted molar refractivity (Wildman–Crippen MR) is 113 cm³/mol. The van der Waals surface area contributed by atoms with Gasteiger partial charge in [-0.2, -0.15) is 0 Å². The summed E-state index contributed by atoms with van der Waals surface area (Å²) in [6.45, 7) is 4.21. The van der Waals surface area contributed by atoms with Crippen LogP contribution >= 0.6 is 11.6 Å². The second-order valence-corrected chi connectivity index (χ2v) is 7.33. The first-order valence-corrected chi connectivity index (χ1v) is 9.87. The van der Waals surface area contributed by atoms with E-state index in [9.17, 15) is 9.59 Å². The number of nitrogens with zero attached hydrogens (tertiary/aromatic N) is 2. The number of ether oxygens (including phenoxy) is 1. The van der Waals surface area contributed by atoms with Crippen molar-refractivity contribution < 1.29 is 9.53 Å². The second kappa shape index (κ2) is 8.73. The van der Waals surface area contributed by atoms with Crippen LogP contribution in [0.15, 0.2) is 47.3 Å². The normalized spacial score (nSPS) is 14.8. The third-order valence-electron chi connectivity index (χ3n) is 4.93. The molecular formula is C21H21ClN4O3. The molecule has 0 bridgehead atoms. The van der Waals surface area contributed by atoms with Gasteiger partial charge in [-0.25, -0.2) is 4.98 Å². The lowest BCUT2D eigenvalue weighted by atomic mass is 10.1. The Morgan fingerprint density at radius 1 is 1.21 bits per heavy atom. The summed E-state index contributed by atoms with van der Waals surface area (Å²) in [6.07, 6.45) is 0.790. The van der Waals surface area contributed by atoms with E-state index in [1.165, 1.54) is 0 Å². The third-order valence-corrected chi connectivity index (χ3v) is 5.16. The van der Waals surface area contributed by atoms with Gasteiger partial charge in [0.25, 0.3) is 11.5 Å². The summed E-state index contributed by atoms with van der Waals surface area (Å²) in [5.41, 5.74) is 2.26. The molecule has 3 aromatic rings.